The molecule has 0 unspecified atom stereocenters. The van der Waals surface area contributed by atoms with E-state index in [1.165, 1.54) is 0 Å². The number of hydrogen-bond donors (Lipinski definition) is 0. The molecular formula is C19H40O8. The lowest BCUT2D eigenvalue weighted by Crippen LogP contribution is -2.15. The highest BCUT2D eigenvalue weighted by Gasteiger charge is 1.94. The molecule has 0 fully saturated rings. The van der Waals surface area contributed by atoms with E-state index in [1.54, 1.807) is 0 Å². The molecule has 0 saturated carbocycles. The van der Waals surface area contributed by atoms with E-state index in [9.17, 15) is 0 Å². The molecular weight excluding hydrogens is 356 g/mol. The van der Waals surface area contributed by atoms with Crippen LogP contribution in [0.5, 0.6) is 0 Å². The predicted molar refractivity (Wildman–Crippen MR) is 103 cm³/mol. The van der Waals surface area contributed by atoms with E-state index in [-0.39, 0.29) is 0 Å². The summed E-state index contributed by atoms with van der Waals surface area (Å²) in [6.45, 7) is 13.7. The van der Waals surface area contributed by atoms with E-state index in [4.69, 9.17) is 37.9 Å². The van der Waals surface area contributed by atoms with Gasteiger partial charge in [0.1, 0.15) is 0 Å². The summed E-state index contributed by atoms with van der Waals surface area (Å²) in [5, 5.41) is 0. The molecule has 8 nitrogen and oxygen atoms in total. The highest BCUT2D eigenvalue weighted by atomic mass is 16.6. The Hall–Kier alpha value is -0.320. The Morgan fingerprint density at radius 3 is 0.741 bits per heavy atom. The molecule has 0 spiro atoms. The molecule has 164 valence electrons. The minimum absolute atomic E-state index is 0.551. The zero-order valence-electron chi connectivity index (χ0n) is 17.3. The summed E-state index contributed by atoms with van der Waals surface area (Å²) in [5.41, 5.74) is 0. The van der Waals surface area contributed by atoms with Gasteiger partial charge in [0.2, 0.25) is 0 Å². The molecule has 0 aliphatic rings. The summed E-state index contributed by atoms with van der Waals surface area (Å²) >= 11 is 0. The molecule has 0 radical (unpaired) electrons. The zero-order chi connectivity index (χ0) is 19.7. The molecule has 0 aliphatic heterocycles. The Morgan fingerprint density at radius 1 is 0.296 bits per heavy atom. The van der Waals surface area contributed by atoms with Crippen molar-refractivity contribution in [1.82, 2.24) is 0 Å². The second kappa shape index (κ2) is 25.7. The van der Waals surface area contributed by atoms with Gasteiger partial charge < -0.3 is 37.9 Å². The lowest BCUT2D eigenvalue weighted by Gasteiger charge is -2.08. The van der Waals surface area contributed by atoms with Gasteiger partial charge in [-0.3, -0.25) is 0 Å². The van der Waals surface area contributed by atoms with Crippen molar-refractivity contribution >= 4 is 0 Å². The van der Waals surface area contributed by atoms with Crippen molar-refractivity contribution in [3.63, 3.8) is 0 Å². The van der Waals surface area contributed by atoms with Gasteiger partial charge in [-0.1, -0.05) is 6.92 Å². The first-order valence-electron chi connectivity index (χ1n) is 10.0. The van der Waals surface area contributed by atoms with E-state index in [0.717, 1.165) is 19.6 Å². The highest BCUT2D eigenvalue weighted by Crippen LogP contribution is 1.86. The molecule has 8 heteroatoms. The minimum atomic E-state index is 0.551. The van der Waals surface area contributed by atoms with Crippen molar-refractivity contribution in [3.8, 4) is 0 Å². The predicted octanol–water partition coefficient (Wildman–Crippen LogP) is 1.55. The summed E-state index contributed by atoms with van der Waals surface area (Å²) in [7, 11) is 0. The summed E-state index contributed by atoms with van der Waals surface area (Å²) in [6.07, 6.45) is 1.03. The van der Waals surface area contributed by atoms with Gasteiger partial charge in [-0.05, 0) is 13.3 Å². The molecule has 0 aliphatic carbocycles. The Kier molecular flexibility index (Phi) is 25.4. The fraction of sp³-hybridized carbons (Fsp3) is 1.00. The van der Waals surface area contributed by atoms with Gasteiger partial charge in [0.15, 0.2) is 0 Å². The first kappa shape index (κ1) is 26.7. The lowest BCUT2D eigenvalue weighted by molar-refractivity contribution is -0.0228. The molecule has 0 amide bonds. The van der Waals surface area contributed by atoms with Crippen LogP contribution in [0, 0.1) is 0 Å². The molecule has 0 saturated heterocycles. The van der Waals surface area contributed by atoms with Crippen molar-refractivity contribution in [1.29, 1.82) is 0 Å². The summed E-state index contributed by atoms with van der Waals surface area (Å²) < 4.78 is 42.8. The first-order chi connectivity index (χ1) is 13.4. The Morgan fingerprint density at radius 2 is 0.519 bits per heavy atom. The average molecular weight is 397 g/mol. The van der Waals surface area contributed by atoms with Gasteiger partial charge >= 0.3 is 0 Å². The van der Waals surface area contributed by atoms with Crippen molar-refractivity contribution in [2.75, 3.05) is 106 Å². The van der Waals surface area contributed by atoms with Gasteiger partial charge in [0.05, 0.1) is 92.5 Å². The van der Waals surface area contributed by atoms with Crippen LogP contribution >= 0.6 is 0 Å². The SMILES string of the molecule is CCCOCCOCCOCCOCCOCCOCCOCCOCC. The van der Waals surface area contributed by atoms with Crippen LogP contribution in [0.3, 0.4) is 0 Å². The van der Waals surface area contributed by atoms with Gasteiger partial charge in [-0.2, -0.15) is 0 Å². The number of hydrogen-bond acceptors (Lipinski definition) is 8. The topological polar surface area (TPSA) is 73.8 Å². The van der Waals surface area contributed by atoms with E-state index >= 15 is 0 Å². The maximum atomic E-state index is 5.41. The Labute approximate surface area is 164 Å². The van der Waals surface area contributed by atoms with Crippen LogP contribution in [0.2, 0.25) is 0 Å². The smallest absolute Gasteiger partial charge is 0.0701 e. The molecule has 0 N–H and O–H groups in total. The van der Waals surface area contributed by atoms with E-state index < -0.39 is 0 Å². The van der Waals surface area contributed by atoms with E-state index in [2.05, 4.69) is 6.92 Å². The Balaban J connectivity index is 2.95. The van der Waals surface area contributed by atoms with Gasteiger partial charge in [-0.15, -0.1) is 0 Å². The largest absolute Gasteiger partial charge is 0.379 e. The first-order valence-corrected chi connectivity index (χ1v) is 10.0. The lowest BCUT2D eigenvalue weighted by atomic mass is 10.5. The molecule has 0 rings (SSSR count). The standard InChI is InChI=1S/C19H40O8/c1-3-5-21-8-9-23-12-13-25-16-17-27-19-18-26-15-14-24-11-10-22-7-6-20-4-2/h3-19H2,1-2H3. The van der Waals surface area contributed by atoms with Crippen LogP contribution in [-0.2, 0) is 37.9 Å². The second-order valence-corrected chi connectivity index (χ2v) is 5.48. The molecule has 0 aromatic heterocycles. The van der Waals surface area contributed by atoms with Crippen LogP contribution in [-0.4, -0.2) is 106 Å². The molecule has 0 bridgehead atoms. The molecule has 0 heterocycles. The van der Waals surface area contributed by atoms with Gasteiger partial charge in [-0.25, -0.2) is 0 Å². The third-order valence-corrected chi connectivity index (χ3v) is 3.16. The third kappa shape index (κ3) is 25.7. The van der Waals surface area contributed by atoms with Crippen molar-refractivity contribution in [3.05, 3.63) is 0 Å². The van der Waals surface area contributed by atoms with E-state index in [0.29, 0.717) is 92.5 Å². The van der Waals surface area contributed by atoms with Crippen LogP contribution in [0.25, 0.3) is 0 Å². The van der Waals surface area contributed by atoms with Gasteiger partial charge in [0.25, 0.3) is 0 Å². The molecule has 0 aromatic carbocycles. The molecule has 0 atom stereocenters. The van der Waals surface area contributed by atoms with Crippen molar-refractivity contribution in [2.45, 2.75) is 20.3 Å². The highest BCUT2D eigenvalue weighted by molar-refractivity contribution is 4.37. The second-order valence-electron chi connectivity index (χ2n) is 5.48. The maximum absolute atomic E-state index is 5.41. The summed E-state index contributed by atoms with van der Waals surface area (Å²) in [6, 6.07) is 0. The van der Waals surface area contributed by atoms with Crippen LogP contribution in [0.15, 0.2) is 0 Å². The average Bonchev–Trinajstić information content (AvgIpc) is 2.68. The quantitative estimate of drug-likeness (QED) is 0.228. The summed E-state index contributed by atoms with van der Waals surface area (Å²) in [5.74, 6) is 0. The van der Waals surface area contributed by atoms with Crippen molar-refractivity contribution in [2.24, 2.45) is 0 Å². The van der Waals surface area contributed by atoms with Crippen molar-refractivity contribution < 1.29 is 37.9 Å². The number of ether oxygens (including phenoxy) is 8. The van der Waals surface area contributed by atoms with Crippen LogP contribution in [0.4, 0.5) is 0 Å². The maximum Gasteiger partial charge on any atom is 0.0701 e. The zero-order valence-corrected chi connectivity index (χ0v) is 17.3. The van der Waals surface area contributed by atoms with Crippen LogP contribution in [0.1, 0.15) is 20.3 Å². The Bertz CT molecular complexity index is 232. The van der Waals surface area contributed by atoms with Crippen LogP contribution < -0.4 is 0 Å². The van der Waals surface area contributed by atoms with E-state index in [1.807, 2.05) is 6.92 Å². The monoisotopic (exact) mass is 396 g/mol. The number of rotatable bonds is 24. The summed E-state index contributed by atoms with van der Waals surface area (Å²) in [4.78, 5) is 0. The van der Waals surface area contributed by atoms with Gasteiger partial charge in [0, 0.05) is 13.2 Å². The fourth-order valence-corrected chi connectivity index (χ4v) is 1.83. The third-order valence-electron chi connectivity index (χ3n) is 3.16. The molecule has 27 heavy (non-hydrogen) atoms. The molecule has 0 aromatic rings. The normalized spacial score (nSPS) is 11.3. The minimum Gasteiger partial charge on any atom is -0.379 e. The fourth-order valence-electron chi connectivity index (χ4n) is 1.83.